The van der Waals surface area contributed by atoms with Crippen molar-refractivity contribution >= 4 is 30.0 Å². The number of carbonyl (C=O) groups is 2. The van der Waals surface area contributed by atoms with Gasteiger partial charge in [0.1, 0.15) is 12.7 Å². The van der Waals surface area contributed by atoms with Gasteiger partial charge in [0.15, 0.2) is 0 Å². The number of anilines is 1. The molecule has 0 bridgehead atoms. The van der Waals surface area contributed by atoms with E-state index in [4.69, 9.17) is 5.11 Å². The molecule has 0 saturated heterocycles. The van der Waals surface area contributed by atoms with Gasteiger partial charge in [0, 0.05) is 6.04 Å². The summed E-state index contributed by atoms with van der Waals surface area (Å²) in [6.45, 7) is 2.96. The molecule has 0 fully saturated rings. The first-order chi connectivity index (χ1) is 13.1. The molecule has 1 heterocycles. The zero-order valence-electron chi connectivity index (χ0n) is 15.7. The molecule has 1 amide bonds. The number of nitrogens with one attached hydrogen (secondary N) is 1. The van der Waals surface area contributed by atoms with E-state index in [1.165, 1.54) is 28.3 Å². The van der Waals surface area contributed by atoms with Gasteiger partial charge in [-0.3, -0.25) is 14.5 Å². The predicted molar refractivity (Wildman–Crippen MR) is 101 cm³/mol. The fraction of sp³-hybridized carbons (Fsp3) is 0.412. The van der Waals surface area contributed by atoms with Gasteiger partial charge in [0.05, 0.1) is 30.0 Å². The van der Waals surface area contributed by atoms with Crippen molar-refractivity contribution in [1.82, 2.24) is 19.7 Å². The van der Waals surface area contributed by atoms with Crippen LogP contribution in [0.25, 0.3) is 5.69 Å². The van der Waals surface area contributed by atoms with Crippen LogP contribution < -0.4 is 5.32 Å². The Morgan fingerprint density at radius 1 is 1.31 bits per heavy atom. The number of carboxylic acids is 1. The van der Waals surface area contributed by atoms with Crippen molar-refractivity contribution in [3.8, 4) is 5.69 Å². The average molecular weight is 436 g/mol. The first-order valence-corrected chi connectivity index (χ1v) is 8.43. The molecule has 29 heavy (non-hydrogen) atoms. The van der Waals surface area contributed by atoms with E-state index in [-0.39, 0.29) is 42.9 Å². The number of benzene rings is 1. The Morgan fingerprint density at radius 3 is 2.52 bits per heavy atom. The molecule has 0 radical (unpaired) electrons. The summed E-state index contributed by atoms with van der Waals surface area (Å²) in [5, 5.41) is 15.3. The lowest BCUT2D eigenvalue weighted by molar-refractivity contribution is -0.139. The molecule has 0 aliphatic carbocycles. The maximum Gasteiger partial charge on any atom is 0.416 e. The molecule has 2 rings (SSSR count). The van der Waals surface area contributed by atoms with Crippen LogP contribution in [0.3, 0.4) is 0 Å². The number of hydrogen-bond acceptors (Lipinski definition) is 5. The Bertz CT molecular complexity index is 830. The summed E-state index contributed by atoms with van der Waals surface area (Å²) in [5.74, 6) is -1.74. The van der Waals surface area contributed by atoms with E-state index < -0.39 is 23.6 Å². The zero-order chi connectivity index (χ0) is 20.9. The molecular weight excluding hydrogens is 415 g/mol. The maximum absolute atomic E-state index is 13.1. The highest BCUT2D eigenvalue weighted by Gasteiger charge is 2.31. The van der Waals surface area contributed by atoms with Crippen molar-refractivity contribution in [3.05, 3.63) is 36.4 Å². The Morgan fingerprint density at radius 2 is 2.00 bits per heavy atom. The van der Waals surface area contributed by atoms with Crippen LogP contribution in [0.15, 0.2) is 30.9 Å². The van der Waals surface area contributed by atoms with Crippen LogP contribution >= 0.6 is 12.4 Å². The molecule has 0 aliphatic rings. The molecule has 1 atom stereocenters. The van der Waals surface area contributed by atoms with Gasteiger partial charge in [-0.15, -0.1) is 12.4 Å². The SMILES string of the molecule is CCC(C)N(CC(=O)O)CC(=O)Nc1cc(C(F)(F)F)ccc1-n1cncn1.Cl. The van der Waals surface area contributed by atoms with Gasteiger partial charge in [-0.1, -0.05) is 6.92 Å². The quantitative estimate of drug-likeness (QED) is 0.661. The Balaban J connectivity index is 0.00000420. The summed E-state index contributed by atoms with van der Waals surface area (Å²) in [6, 6.07) is 2.66. The molecule has 1 aromatic heterocycles. The number of amides is 1. The average Bonchev–Trinajstić information content (AvgIpc) is 3.13. The lowest BCUT2D eigenvalue weighted by Gasteiger charge is -2.26. The second-order valence-corrected chi connectivity index (χ2v) is 6.17. The van der Waals surface area contributed by atoms with Gasteiger partial charge in [-0.25, -0.2) is 9.67 Å². The number of carbonyl (C=O) groups excluding carboxylic acids is 1. The van der Waals surface area contributed by atoms with E-state index in [1.54, 1.807) is 6.92 Å². The summed E-state index contributed by atoms with van der Waals surface area (Å²) >= 11 is 0. The van der Waals surface area contributed by atoms with E-state index in [0.717, 1.165) is 12.1 Å². The van der Waals surface area contributed by atoms with Crippen molar-refractivity contribution in [2.45, 2.75) is 32.5 Å². The number of halogens is 4. The Kier molecular flexibility index (Phi) is 8.59. The summed E-state index contributed by atoms with van der Waals surface area (Å²) in [7, 11) is 0. The van der Waals surface area contributed by atoms with Crippen molar-refractivity contribution in [2.24, 2.45) is 0 Å². The van der Waals surface area contributed by atoms with Crippen molar-refractivity contribution in [1.29, 1.82) is 0 Å². The van der Waals surface area contributed by atoms with E-state index in [9.17, 15) is 22.8 Å². The fourth-order valence-electron chi connectivity index (χ4n) is 2.52. The maximum atomic E-state index is 13.1. The van der Waals surface area contributed by atoms with Gasteiger partial charge in [-0.2, -0.15) is 18.3 Å². The minimum absolute atomic E-state index is 0. The second kappa shape index (κ2) is 10.2. The fourth-order valence-corrected chi connectivity index (χ4v) is 2.52. The normalized spacial score (nSPS) is 12.3. The number of aromatic nitrogens is 3. The highest BCUT2D eigenvalue weighted by molar-refractivity contribution is 5.94. The van der Waals surface area contributed by atoms with Crippen LogP contribution in [0, 0.1) is 0 Å². The van der Waals surface area contributed by atoms with Crippen LogP contribution in [-0.2, 0) is 15.8 Å². The van der Waals surface area contributed by atoms with Crippen LogP contribution in [0.5, 0.6) is 0 Å². The molecule has 0 saturated carbocycles. The van der Waals surface area contributed by atoms with Crippen LogP contribution in [0.4, 0.5) is 18.9 Å². The number of rotatable bonds is 8. The van der Waals surface area contributed by atoms with E-state index in [1.807, 2.05) is 6.92 Å². The van der Waals surface area contributed by atoms with Crippen LogP contribution in [-0.4, -0.2) is 55.8 Å². The van der Waals surface area contributed by atoms with Crippen molar-refractivity contribution in [2.75, 3.05) is 18.4 Å². The lowest BCUT2D eigenvalue weighted by Crippen LogP contribution is -2.42. The largest absolute Gasteiger partial charge is 0.480 e. The lowest BCUT2D eigenvalue weighted by atomic mass is 10.1. The first-order valence-electron chi connectivity index (χ1n) is 8.43. The molecule has 12 heteroatoms. The molecule has 0 spiro atoms. The topological polar surface area (TPSA) is 100 Å². The van der Waals surface area contributed by atoms with Gasteiger partial charge in [0.25, 0.3) is 0 Å². The molecule has 0 aliphatic heterocycles. The van der Waals surface area contributed by atoms with Crippen LogP contribution in [0.1, 0.15) is 25.8 Å². The molecule has 160 valence electrons. The van der Waals surface area contributed by atoms with Crippen molar-refractivity contribution < 1.29 is 27.9 Å². The number of alkyl halides is 3. The Labute approximate surface area is 171 Å². The number of aliphatic carboxylic acids is 1. The third-order valence-corrected chi connectivity index (χ3v) is 4.16. The van der Waals surface area contributed by atoms with Gasteiger partial charge in [0.2, 0.25) is 5.91 Å². The van der Waals surface area contributed by atoms with Gasteiger partial charge >= 0.3 is 12.1 Å². The standard InChI is InChI=1S/C17H20F3N5O3.ClH/c1-3-11(2)24(8-16(27)28)7-15(26)23-13-6-12(17(18,19)20)4-5-14(13)25-10-21-9-22-25;/h4-6,9-11H,3,7-8H2,1-2H3,(H,23,26)(H,27,28);1H. The summed E-state index contributed by atoms with van der Waals surface area (Å²) in [5.41, 5.74) is -0.840. The summed E-state index contributed by atoms with van der Waals surface area (Å²) in [4.78, 5) is 28.6. The predicted octanol–water partition coefficient (Wildman–Crippen LogP) is 2.83. The Hall–Kier alpha value is -2.66. The zero-order valence-corrected chi connectivity index (χ0v) is 16.5. The molecule has 1 unspecified atom stereocenters. The second-order valence-electron chi connectivity index (χ2n) is 6.17. The highest BCUT2D eigenvalue weighted by Crippen LogP contribution is 2.33. The van der Waals surface area contributed by atoms with Gasteiger partial charge < -0.3 is 10.4 Å². The minimum Gasteiger partial charge on any atom is -0.480 e. The van der Waals surface area contributed by atoms with E-state index >= 15 is 0 Å². The number of nitrogens with zero attached hydrogens (tertiary/aromatic N) is 4. The summed E-state index contributed by atoms with van der Waals surface area (Å²) in [6.07, 6.45) is -1.49. The molecule has 2 aromatic rings. The number of carboxylic acid groups (broad SMARTS) is 1. The highest BCUT2D eigenvalue weighted by atomic mass is 35.5. The smallest absolute Gasteiger partial charge is 0.416 e. The third kappa shape index (κ3) is 6.71. The summed E-state index contributed by atoms with van der Waals surface area (Å²) < 4.78 is 40.4. The van der Waals surface area contributed by atoms with Gasteiger partial charge in [-0.05, 0) is 31.5 Å². The molecule has 2 N–H and O–H groups in total. The molecule has 8 nitrogen and oxygen atoms in total. The minimum atomic E-state index is -4.59. The van der Waals surface area contributed by atoms with E-state index in [0.29, 0.717) is 6.42 Å². The molecular formula is C17H21ClF3N5O3. The monoisotopic (exact) mass is 435 g/mol. The molecule has 1 aromatic carbocycles. The number of hydrogen-bond donors (Lipinski definition) is 2. The van der Waals surface area contributed by atoms with Crippen LogP contribution in [0.2, 0.25) is 0 Å². The van der Waals surface area contributed by atoms with E-state index in [2.05, 4.69) is 15.4 Å². The first kappa shape index (κ1) is 24.4. The van der Waals surface area contributed by atoms with Crippen molar-refractivity contribution in [3.63, 3.8) is 0 Å². The third-order valence-electron chi connectivity index (χ3n) is 4.16.